The van der Waals surface area contributed by atoms with E-state index in [9.17, 15) is 9.18 Å². The maximum Gasteiger partial charge on any atom is 0.264 e. The number of likely N-dealkylation sites (tertiary alicyclic amines) is 1. The summed E-state index contributed by atoms with van der Waals surface area (Å²) in [5.74, 6) is 0.720. The van der Waals surface area contributed by atoms with Gasteiger partial charge in [0.1, 0.15) is 5.82 Å². The van der Waals surface area contributed by atoms with Gasteiger partial charge in [-0.3, -0.25) is 4.79 Å². The molecule has 1 aromatic heterocycles. The topological polar surface area (TPSA) is 32.3 Å². The number of thiophene rings is 1. The third-order valence-corrected chi connectivity index (χ3v) is 6.52. The number of nitrogens with zero attached hydrogens (tertiary/aromatic N) is 1. The van der Waals surface area contributed by atoms with E-state index in [1.165, 1.54) is 30.2 Å². The number of hydrogen-bond acceptors (Lipinski definition) is 3. The van der Waals surface area contributed by atoms with Crippen LogP contribution in [-0.4, -0.2) is 36.5 Å². The molecule has 2 aliphatic rings. The first-order valence-electron chi connectivity index (χ1n) is 8.83. The third-order valence-electron chi connectivity index (χ3n) is 5.27. The molecular weight excluding hydrogens is 323 g/mol. The molecule has 0 atom stereocenters. The highest BCUT2D eigenvalue weighted by molar-refractivity contribution is 7.21. The first-order valence-corrected chi connectivity index (χ1v) is 9.65. The third kappa shape index (κ3) is 3.07. The minimum atomic E-state index is -0.233. The van der Waals surface area contributed by atoms with E-state index in [2.05, 4.69) is 5.32 Å². The van der Waals surface area contributed by atoms with Crippen LogP contribution in [0.2, 0.25) is 0 Å². The van der Waals surface area contributed by atoms with Gasteiger partial charge >= 0.3 is 0 Å². The van der Waals surface area contributed by atoms with Gasteiger partial charge in [-0.25, -0.2) is 4.39 Å². The number of hydrogen-bond donors (Lipinski definition) is 1. The second-order valence-electron chi connectivity index (χ2n) is 7.09. The standard InChI is InChI=1S/C19H23FN2OS/c1-12-17-15(20)3-2-4-16(17)24-18(12)19(23)22-9-7-14(8-10-22)21-11-13-5-6-13/h2-4,13-14,21H,5-11H2,1H3. The first-order chi connectivity index (χ1) is 11.6. The SMILES string of the molecule is Cc1c(C(=O)N2CCC(NCC3CC3)CC2)sc2cccc(F)c12. The highest BCUT2D eigenvalue weighted by Gasteiger charge is 2.28. The van der Waals surface area contributed by atoms with E-state index in [4.69, 9.17) is 0 Å². The Bertz CT molecular complexity index is 760. The molecule has 1 saturated heterocycles. The Balaban J connectivity index is 1.44. The zero-order valence-electron chi connectivity index (χ0n) is 14.0. The summed E-state index contributed by atoms with van der Waals surface area (Å²) in [5, 5.41) is 4.24. The van der Waals surface area contributed by atoms with Crippen LogP contribution in [0.5, 0.6) is 0 Å². The van der Waals surface area contributed by atoms with Crippen molar-refractivity contribution in [3.63, 3.8) is 0 Å². The first kappa shape index (κ1) is 16.0. The van der Waals surface area contributed by atoms with Gasteiger partial charge in [-0.05, 0) is 62.8 Å². The Morgan fingerprint density at radius 1 is 1.29 bits per heavy atom. The van der Waals surface area contributed by atoms with Crippen molar-refractivity contribution >= 4 is 27.3 Å². The van der Waals surface area contributed by atoms with Crippen molar-refractivity contribution in [1.82, 2.24) is 10.2 Å². The van der Waals surface area contributed by atoms with Gasteiger partial charge in [-0.1, -0.05) is 6.07 Å². The second-order valence-corrected chi connectivity index (χ2v) is 8.14. The monoisotopic (exact) mass is 346 g/mol. The van der Waals surface area contributed by atoms with Crippen LogP contribution < -0.4 is 5.32 Å². The number of benzene rings is 1. The van der Waals surface area contributed by atoms with Crippen LogP contribution in [0, 0.1) is 18.7 Å². The molecule has 1 N–H and O–H groups in total. The number of halogens is 1. The number of carbonyl (C=O) groups excluding carboxylic acids is 1. The van der Waals surface area contributed by atoms with E-state index in [1.807, 2.05) is 17.9 Å². The number of aryl methyl sites for hydroxylation is 1. The summed E-state index contributed by atoms with van der Waals surface area (Å²) in [6.45, 7) is 4.57. The summed E-state index contributed by atoms with van der Waals surface area (Å²) < 4.78 is 14.9. The van der Waals surface area contributed by atoms with Crippen molar-refractivity contribution in [1.29, 1.82) is 0 Å². The largest absolute Gasteiger partial charge is 0.338 e. The molecule has 2 aromatic rings. The summed E-state index contributed by atoms with van der Waals surface area (Å²) in [6.07, 6.45) is 4.76. The molecule has 0 bridgehead atoms. The number of piperidine rings is 1. The highest BCUT2D eigenvalue weighted by Crippen LogP contribution is 2.34. The fourth-order valence-electron chi connectivity index (χ4n) is 3.54. The van der Waals surface area contributed by atoms with Crippen LogP contribution >= 0.6 is 11.3 Å². The second kappa shape index (κ2) is 6.45. The van der Waals surface area contributed by atoms with Gasteiger partial charge in [0.25, 0.3) is 5.91 Å². The van der Waals surface area contributed by atoms with E-state index >= 15 is 0 Å². The van der Waals surface area contributed by atoms with Crippen molar-refractivity contribution < 1.29 is 9.18 Å². The Kier molecular flexibility index (Phi) is 4.31. The number of nitrogens with one attached hydrogen (secondary N) is 1. The molecule has 4 rings (SSSR count). The number of amides is 1. The zero-order chi connectivity index (χ0) is 16.7. The average molecular weight is 346 g/mol. The van der Waals surface area contributed by atoms with Crippen LogP contribution in [0.25, 0.3) is 10.1 Å². The molecule has 1 aliphatic heterocycles. The average Bonchev–Trinajstić information content (AvgIpc) is 3.36. The van der Waals surface area contributed by atoms with Gasteiger partial charge in [-0.15, -0.1) is 11.3 Å². The van der Waals surface area contributed by atoms with Gasteiger partial charge in [0, 0.05) is 29.2 Å². The van der Waals surface area contributed by atoms with Crippen molar-refractivity contribution in [2.75, 3.05) is 19.6 Å². The Morgan fingerprint density at radius 2 is 2.04 bits per heavy atom. The highest BCUT2D eigenvalue weighted by atomic mass is 32.1. The predicted octanol–water partition coefficient (Wildman–Crippen LogP) is 3.95. The van der Waals surface area contributed by atoms with E-state index in [0.29, 0.717) is 16.3 Å². The van der Waals surface area contributed by atoms with Crippen molar-refractivity contribution in [3.8, 4) is 0 Å². The summed E-state index contributed by atoms with van der Waals surface area (Å²) in [4.78, 5) is 15.5. The lowest BCUT2D eigenvalue weighted by Gasteiger charge is -2.32. The molecule has 2 heterocycles. The number of fused-ring (bicyclic) bond motifs is 1. The van der Waals surface area contributed by atoms with Crippen LogP contribution in [0.1, 0.15) is 40.9 Å². The molecule has 0 unspecified atom stereocenters. The quantitative estimate of drug-likeness (QED) is 0.909. The Morgan fingerprint density at radius 3 is 2.71 bits per heavy atom. The summed E-state index contributed by atoms with van der Waals surface area (Å²) in [5.41, 5.74) is 0.784. The molecule has 24 heavy (non-hydrogen) atoms. The van der Waals surface area contributed by atoms with Crippen molar-refractivity contribution in [3.05, 3.63) is 34.5 Å². The smallest absolute Gasteiger partial charge is 0.264 e. The molecule has 1 aliphatic carbocycles. The minimum absolute atomic E-state index is 0.0637. The van der Waals surface area contributed by atoms with Gasteiger partial charge in [0.05, 0.1) is 4.88 Å². The summed E-state index contributed by atoms with van der Waals surface area (Å²) in [7, 11) is 0. The minimum Gasteiger partial charge on any atom is -0.338 e. The van der Waals surface area contributed by atoms with Crippen molar-refractivity contribution in [2.45, 2.75) is 38.6 Å². The van der Waals surface area contributed by atoms with Crippen LogP contribution in [-0.2, 0) is 0 Å². The molecule has 2 fully saturated rings. The summed E-state index contributed by atoms with van der Waals surface area (Å²) in [6, 6.07) is 5.60. The number of rotatable bonds is 4. The predicted molar refractivity (Wildman–Crippen MR) is 96.2 cm³/mol. The van der Waals surface area contributed by atoms with Gasteiger partial charge < -0.3 is 10.2 Å². The molecule has 1 saturated carbocycles. The van der Waals surface area contributed by atoms with E-state index in [-0.39, 0.29) is 11.7 Å². The molecule has 5 heteroatoms. The van der Waals surface area contributed by atoms with Crippen LogP contribution in [0.3, 0.4) is 0 Å². The van der Waals surface area contributed by atoms with Gasteiger partial charge in [0.15, 0.2) is 0 Å². The maximum atomic E-state index is 14.0. The van der Waals surface area contributed by atoms with Crippen LogP contribution in [0.15, 0.2) is 18.2 Å². The normalized spacial score (nSPS) is 19.2. The Labute approximate surface area is 145 Å². The Hall–Kier alpha value is -1.46. The molecule has 0 radical (unpaired) electrons. The van der Waals surface area contributed by atoms with E-state index in [0.717, 1.165) is 48.7 Å². The van der Waals surface area contributed by atoms with Crippen LogP contribution in [0.4, 0.5) is 4.39 Å². The lowest BCUT2D eigenvalue weighted by Crippen LogP contribution is -2.45. The fraction of sp³-hybridized carbons (Fsp3) is 0.526. The maximum absolute atomic E-state index is 14.0. The molecule has 1 aromatic carbocycles. The lowest BCUT2D eigenvalue weighted by molar-refractivity contribution is 0.0709. The van der Waals surface area contributed by atoms with Crippen molar-refractivity contribution in [2.24, 2.45) is 5.92 Å². The summed E-state index contributed by atoms with van der Waals surface area (Å²) >= 11 is 1.42. The van der Waals surface area contributed by atoms with E-state index in [1.54, 1.807) is 6.07 Å². The molecule has 128 valence electrons. The van der Waals surface area contributed by atoms with Gasteiger partial charge in [-0.2, -0.15) is 0 Å². The lowest BCUT2D eigenvalue weighted by atomic mass is 10.0. The van der Waals surface area contributed by atoms with E-state index < -0.39 is 0 Å². The fourth-order valence-corrected chi connectivity index (χ4v) is 4.73. The molecular formula is C19H23FN2OS. The zero-order valence-corrected chi connectivity index (χ0v) is 14.8. The molecule has 0 spiro atoms. The molecule has 3 nitrogen and oxygen atoms in total. The molecule has 1 amide bonds. The van der Waals surface area contributed by atoms with Gasteiger partial charge in [0.2, 0.25) is 0 Å². The number of carbonyl (C=O) groups is 1.